The van der Waals surface area contributed by atoms with E-state index in [-0.39, 0.29) is 53.1 Å². The van der Waals surface area contributed by atoms with Gasteiger partial charge in [-0.05, 0) is 218 Å². The molecule has 114 heavy (non-hydrogen) atoms. The molecule has 31 heteroatoms. The molecule has 0 aliphatic carbocycles. The molecule has 0 bridgehead atoms. The van der Waals surface area contributed by atoms with Gasteiger partial charge >= 0.3 is 47.9 Å². The maximum atomic E-state index is 12.4. The minimum Gasteiger partial charge on any atom is -0.870 e. The second kappa shape index (κ2) is 44.5. The largest absolute Gasteiger partial charge is 1.00 e. The first kappa shape index (κ1) is 92.0. The predicted molar refractivity (Wildman–Crippen MR) is 431 cm³/mol. The van der Waals surface area contributed by atoms with E-state index in [4.69, 9.17) is 43.0 Å². The monoisotopic (exact) mass is 1620 g/mol. The van der Waals surface area contributed by atoms with Gasteiger partial charge in [0.15, 0.2) is 12.6 Å². The molecule has 9 aromatic carbocycles. The molecule has 0 amide bonds. The number of hydrogen-bond donors (Lipinski definition) is 3. The van der Waals surface area contributed by atoms with Crippen LogP contribution in [0.1, 0.15) is 94.0 Å². The third-order valence-corrected chi connectivity index (χ3v) is 16.3. The average molecular weight is 1620 g/mol. The minimum atomic E-state index is -3.22. The molecule has 14 rings (SSSR count). The summed E-state index contributed by atoms with van der Waals surface area (Å²) >= 11 is 13.8. The number of rotatable bonds is 17. The van der Waals surface area contributed by atoms with E-state index in [2.05, 4.69) is 55.8 Å². The fourth-order valence-electron chi connectivity index (χ4n) is 11.4. The molecule has 584 valence electrons. The van der Waals surface area contributed by atoms with E-state index in [1.54, 1.807) is 124 Å². The molecular formula is C83H75Cl3FLiN7O18P. The van der Waals surface area contributed by atoms with E-state index in [0.717, 1.165) is 95.6 Å². The summed E-state index contributed by atoms with van der Waals surface area (Å²) in [6.07, 6.45) is 10.5. The van der Waals surface area contributed by atoms with Crippen molar-refractivity contribution in [3.05, 3.63) is 275 Å². The molecule has 0 radical (unpaired) electrons. The van der Waals surface area contributed by atoms with Crippen molar-refractivity contribution in [2.75, 3.05) is 55.4 Å². The van der Waals surface area contributed by atoms with Crippen molar-refractivity contribution in [1.29, 1.82) is 10.5 Å². The van der Waals surface area contributed by atoms with E-state index in [1.807, 2.05) is 135 Å². The van der Waals surface area contributed by atoms with Crippen LogP contribution >= 0.6 is 38.9 Å². The number of nitrogens with zero attached hydrogens (tertiary/aromatic N) is 5. The Morgan fingerprint density at radius 1 is 0.465 bits per heavy atom. The summed E-state index contributed by atoms with van der Waals surface area (Å²) in [6, 6.07) is 60.6. The normalized spacial score (nSPS) is 10.1. The third-order valence-electron chi connectivity index (χ3n) is 16.3. The van der Waals surface area contributed by atoms with Crippen molar-refractivity contribution in [3.63, 3.8) is 0 Å². The van der Waals surface area contributed by atoms with Crippen molar-refractivity contribution in [2.45, 2.75) is 20.8 Å². The Morgan fingerprint density at radius 3 is 1.17 bits per heavy atom. The summed E-state index contributed by atoms with van der Waals surface area (Å²) in [6.45, 7) is 6.28. The molecule has 5 aromatic heterocycles. The summed E-state index contributed by atoms with van der Waals surface area (Å²) in [7, 11) is 8.00. The molecule has 0 aliphatic rings. The zero-order valence-corrected chi connectivity index (χ0v) is 66.0. The number of aromatic nitrogens is 5. The number of carboxylic acid groups (broad SMARTS) is 1. The average Bonchev–Trinajstić information content (AvgIpc) is 1.64. The van der Waals surface area contributed by atoms with Crippen LogP contribution < -0.4 is 42.5 Å². The smallest absolute Gasteiger partial charge is 0.870 e. The van der Waals surface area contributed by atoms with Crippen molar-refractivity contribution < 1.29 is 111 Å². The summed E-state index contributed by atoms with van der Waals surface area (Å²) in [5.41, 5.74) is 10.9. The number of carboxylic acids is 1. The Hall–Kier alpha value is -12.6. The molecular weight excluding hydrogens is 1550 g/mol. The predicted octanol–water partition coefficient (Wildman–Crippen LogP) is 15.5. The van der Waals surface area contributed by atoms with Gasteiger partial charge in [0, 0.05) is 75.6 Å². The molecule has 25 nitrogen and oxygen atoms in total. The molecule has 5 heterocycles. The quantitative estimate of drug-likeness (QED) is 0.0250. The number of aromatic carboxylic acids is 1. The molecule has 0 saturated carbocycles. The van der Waals surface area contributed by atoms with Gasteiger partial charge in [0.1, 0.15) is 46.7 Å². The van der Waals surface area contributed by atoms with Crippen LogP contribution in [0.15, 0.2) is 225 Å². The second-order valence-corrected chi connectivity index (χ2v) is 29.5. The van der Waals surface area contributed by atoms with E-state index in [0.29, 0.717) is 76.0 Å². The van der Waals surface area contributed by atoms with E-state index in [9.17, 15) is 48.2 Å². The number of aromatic amines is 2. The topological polar surface area (TPSA) is 369 Å². The van der Waals surface area contributed by atoms with Gasteiger partial charge in [0.2, 0.25) is 0 Å². The van der Waals surface area contributed by atoms with Crippen LogP contribution in [0.25, 0.3) is 71.6 Å². The number of aldehydes is 2. The van der Waals surface area contributed by atoms with Crippen LogP contribution in [0.4, 0.5) is 4.39 Å². The zero-order chi connectivity index (χ0) is 80.3. The van der Waals surface area contributed by atoms with E-state index in [1.165, 1.54) is 36.4 Å². The summed E-state index contributed by atoms with van der Waals surface area (Å²) < 4.78 is 68.6. The summed E-state index contributed by atoms with van der Waals surface area (Å²) in [5, 5.41) is 28.8. The number of esters is 3. The fraction of sp³-hybridized carbons (Fsp3) is 0.133. The van der Waals surface area contributed by atoms with Gasteiger partial charge in [0.25, 0.3) is 0 Å². The standard InChI is InChI=1S/C19H16N2O3.C19H17NO4.C17H12N2O3.C10H9NO2.C9H9FO2.C9H9NO.Cl3OP.Li.2H2O/c1-3-24-19(22)13-7-9-15(10-8-13)21-12-14(11-20)18-16(21)5-4-6-17(18)23-2;1-3-24-19(22)13-7-9-15(10-8-13)20-11-14(12-21)18-16(20)5-4-6-17(18)23-2;1-22-15-4-2-3-14-16(15)12(9-18)10-19(14)13-7-5-11(6-8-13)17(20)21;1-13-9-4-2-3-8-10(9)7(6-12)5-11-8;1-2-12-9(11)7-3-5-8(10)6-4-7;1-11-9-4-2-3-8-7(9)5-6-10-8;1-5(2,3)4;;;/h4-10,12H,3H2,1-2H3;4-12H,3H2,1-2H3;2-8,10H,1H3,(H,20,21);2-6,11H,1H3;3-6H,2H2,1H3;2-6,10H,1H3;;;2*1H2/q;;;;;;;+1;;/p-1. The van der Waals surface area contributed by atoms with Gasteiger partial charge in [-0.15, -0.1) is 0 Å². The molecule has 6 N–H and O–H groups in total. The molecule has 14 aromatic rings. The first-order valence-electron chi connectivity index (χ1n) is 33.6. The Kier molecular flexibility index (Phi) is 35.9. The number of carbonyl (C=O) groups excluding carboxylic acids is 5. The molecule has 0 spiro atoms. The van der Waals surface area contributed by atoms with Crippen LogP contribution in [-0.2, 0) is 18.8 Å². The number of methoxy groups -OCH3 is 5. The number of nitrogens with one attached hydrogen (secondary N) is 2. The van der Waals surface area contributed by atoms with E-state index >= 15 is 0 Å². The Bertz CT molecular complexity index is 5730. The van der Waals surface area contributed by atoms with Gasteiger partial charge in [-0.2, -0.15) is 10.5 Å². The molecule has 0 fully saturated rings. The maximum Gasteiger partial charge on any atom is 1.00 e. The first-order valence-corrected chi connectivity index (χ1v) is 38.0. The van der Waals surface area contributed by atoms with Crippen LogP contribution in [-0.4, -0.2) is 132 Å². The van der Waals surface area contributed by atoms with Gasteiger partial charge in [-0.25, -0.2) is 23.6 Å². The van der Waals surface area contributed by atoms with Gasteiger partial charge < -0.3 is 77.6 Å². The number of H-pyrrole nitrogens is 2. The van der Waals surface area contributed by atoms with E-state index < -0.39 is 17.1 Å². The first-order chi connectivity index (χ1) is 53.5. The molecule has 0 unspecified atom stereocenters. The zero-order valence-electron chi connectivity index (χ0n) is 62.9. The third kappa shape index (κ3) is 23.3. The Morgan fingerprint density at radius 2 is 0.798 bits per heavy atom. The van der Waals surface area contributed by atoms with Crippen molar-refractivity contribution in [2.24, 2.45) is 0 Å². The fourth-order valence-corrected chi connectivity index (χ4v) is 11.4. The number of ether oxygens (including phenoxy) is 8. The number of benzene rings is 9. The van der Waals surface area contributed by atoms with Gasteiger partial charge in [-0.1, -0.05) is 30.3 Å². The minimum absolute atomic E-state index is 0. The number of hydrogen-bond acceptors (Lipinski definition) is 18. The van der Waals surface area contributed by atoms with Crippen molar-refractivity contribution in [1.82, 2.24) is 23.7 Å². The van der Waals surface area contributed by atoms with Gasteiger partial charge in [-0.3, -0.25) is 14.2 Å². The summed E-state index contributed by atoms with van der Waals surface area (Å²) in [4.78, 5) is 73.6. The van der Waals surface area contributed by atoms with Crippen molar-refractivity contribution in [3.8, 4) is 57.9 Å². The molecule has 0 saturated heterocycles. The second-order valence-electron chi connectivity index (χ2n) is 22.8. The van der Waals surface area contributed by atoms with Crippen LogP contribution in [0.5, 0.6) is 28.7 Å². The number of carbonyl (C=O) groups is 6. The van der Waals surface area contributed by atoms with Crippen LogP contribution in [0.2, 0.25) is 0 Å². The Labute approximate surface area is 679 Å². The van der Waals surface area contributed by atoms with Crippen molar-refractivity contribution >= 4 is 130 Å². The number of fused-ring (bicyclic) bond motifs is 5. The number of halogens is 4. The van der Waals surface area contributed by atoms with Gasteiger partial charge in [0.05, 0.1) is 127 Å². The Balaban J connectivity index is 0.000000245. The summed E-state index contributed by atoms with van der Waals surface area (Å²) in [5.74, 6) is 1.14. The molecule has 0 atom stereocenters. The van der Waals surface area contributed by atoms with Crippen LogP contribution in [0.3, 0.4) is 0 Å². The SMILES string of the molecule is CCOC(=O)c1ccc(-n2cc(C#N)c3c(OC)cccc32)cc1.CCOC(=O)c1ccc(-n2cc(C=O)c3c(OC)cccc32)cc1.CCOC(=O)c1ccc(F)cc1.COc1cccc2[nH]cc(C=O)c12.COc1cccc2[nH]ccc12.COc1cccc2c1c(C#N)cn2-c1ccc(C(=O)O)cc1.O.O=P(Cl)(Cl)Cl.[Li+].[OH-]. The number of nitriles is 2. The maximum absolute atomic E-state index is 12.4. The molecule has 0 aliphatic heterocycles. The van der Waals surface area contributed by atoms with Crippen LogP contribution in [0, 0.1) is 28.5 Å².